The third-order valence-corrected chi connectivity index (χ3v) is 9.72. The molecule has 8 nitrogen and oxygen atoms in total. The topological polar surface area (TPSA) is 96.0 Å². The molecule has 46 heavy (non-hydrogen) atoms. The van der Waals surface area contributed by atoms with E-state index in [-0.39, 0.29) is 29.5 Å². The molecule has 2 amide bonds. The van der Waals surface area contributed by atoms with Crippen molar-refractivity contribution in [1.29, 1.82) is 0 Å². The smallest absolute Gasteiger partial charge is 0.264 e. The van der Waals surface area contributed by atoms with Crippen molar-refractivity contribution in [3.8, 4) is 5.75 Å². The first-order valence-corrected chi connectivity index (χ1v) is 17.0. The molecule has 0 aliphatic rings. The first-order chi connectivity index (χ1) is 22.1. The Morgan fingerprint density at radius 1 is 0.848 bits per heavy atom. The molecular weight excluding hydrogens is 598 g/mol. The summed E-state index contributed by atoms with van der Waals surface area (Å²) in [6, 6.07) is 29.5. The number of para-hydroxylation sites is 2. The van der Waals surface area contributed by atoms with Crippen molar-refractivity contribution in [3.63, 3.8) is 0 Å². The molecule has 0 aromatic heterocycles. The van der Waals surface area contributed by atoms with Gasteiger partial charge in [0.25, 0.3) is 10.0 Å². The number of aryl methyl sites for hydroxylation is 2. The van der Waals surface area contributed by atoms with Gasteiger partial charge in [-0.05, 0) is 61.2 Å². The summed E-state index contributed by atoms with van der Waals surface area (Å²) in [5.74, 6) is -0.504. The van der Waals surface area contributed by atoms with Crippen molar-refractivity contribution >= 4 is 27.5 Å². The van der Waals surface area contributed by atoms with Gasteiger partial charge in [0, 0.05) is 19.5 Å². The fourth-order valence-electron chi connectivity index (χ4n) is 5.22. The van der Waals surface area contributed by atoms with Crippen LogP contribution in [0.25, 0.3) is 0 Å². The van der Waals surface area contributed by atoms with Gasteiger partial charge in [-0.1, -0.05) is 97.8 Å². The lowest BCUT2D eigenvalue weighted by Gasteiger charge is -2.34. The number of anilines is 1. The Morgan fingerprint density at radius 2 is 1.50 bits per heavy atom. The SMILES string of the molecule is CCCCNC(=O)C(Cc1ccccc1)N(Cc1ccccc1C)C(=O)CN(c1ccccc1OC)S(=O)(=O)c1ccc(C)cc1. The predicted molar refractivity (Wildman–Crippen MR) is 182 cm³/mol. The van der Waals surface area contributed by atoms with E-state index in [9.17, 15) is 18.0 Å². The van der Waals surface area contributed by atoms with Crippen molar-refractivity contribution in [3.05, 3.63) is 125 Å². The minimum absolute atomic E-state index is 0.0420. The van der Waals surface area contributed by atoms with Crippen LogP contribution < -0.4 is 14.4 Å². The number of nitrogens with one attached hydrogen (secondary N) is 1. The Bertz CT molecular complexity index is 1710. The molecule has 242 valence electrons. The third kappa shape index (κ3) is 8.54. The van der Waals surface area contributed by atoms with Crippen molar-refractivity contribution < 1.29 is 22.7 Å². The van der Waals surface area contributed by atoms with E-state index in [1.54, 1.807) is 36.4 Å². The maximum absolute atomic E-state index is 14.6. The van der Waals surface area contributed by atoms with Gasteiger partial charge in [-0.15, -0.1) is 0 Å². The van der Waals surface area contributed by atoms with Crippen LogP contribution in [-0.4, -0.2) is 51.4 Å². The van der Waals surface area contributed by atoms with Crippen molar-refractivity contribution in [1.82, 2.24) is 10.2 Å². The van der Waals surface area contributed by atoms with Crippen LogP contribution in [0.5, 0.6) is 5.75 Å². The largest absolute Gasteiger partial charge is 0.495 e. The number of unbranched alkanes of at least 4 members (excludes halogenated alkanes) is 1. The summed E-state index contributed by atoms with van der Waals surface area (Å²) in [4.78, 5) is 30.1. The Hall–Kier alpha value is -4.63. The molecule has 1 unspecified atom stereocenters. The van der Waals surface area contributed by atoms with Gasteiger partial charge in [0.2, 0.25) is 11.8 Å². The molecule has 0 saturated carbocycles. The number of sulfonamides is 1. The van der Waals surface area contributed by atoms with Gasteiger partial charge in [0.15, 0.2) is 0 Å². The average molecular weight is 642 g/mol. The molecular formula is C37H43N3O5S. The maximum atomic E-state index is 14.6. The van der Waals surface area contributed by atoms with E-state index in [0.29, 0.717) is 12.3 Å². The first-order valence-electron chi connectivity index (χ1n) is 15.5. The number of carbonyl (C=O) groups excluding carboxylic acids is 2. The van der Waals surface area contributed by atoms with Gasteiger partial charge in [-0.25, -0.2) is 8.42 Å². The van der Waals surface area contributed by atoms with Gasteiger partial charge < -0.3 is 15.0 Å². The van der Waals surface area contributed by atoms with Gasteiger partial charge in [-0.3, -0.25) is 13.9 Å². The summed E-state index contributed by atoms with van der Waals surface area (Å²) in [7, 11) is -2.77. The van der Waals surface area contributed by atoms with E-state index in [1.165, 1.54) is 24.1 Å². The second kappa shape index (κ2) is 16.1. The number of carbonyl (C=O) groups is 2. The number of methoxy groups -OCH3 is 1. The Balaban J connectivity index is 1.82. The average Bonchev–Trinajstić information content (AvgIpc) is 3.06. The van der Waals surface area contributed by atoms with Crippen LogP contribution in [0.1, 0.15) is 42.0 Å². The van der Waals surface area contributed by atoms with E-state index >= 15 is 0 Å². The summed E-state index contributed by atoms with van der Waals surface area (Å²) in [6.45, 7) is 5.92. The lowest BCUT2D eigenvalue weighted by Crippen LogP contribution is -2.53. The fraction of sp³-hybridized carbons (Fsp3) is 0.297. The van der Waals surface area contributed by atoms with Gasteiger partial charge in [0.1, 0.15) is 18.3 Å². The molecule has 1 N–H and O–H groups in total. The van der Waals surface area contributed by atoms with Crippen molar-refractivity contribution in [2.45, 2.75) is 57.5 Å². The Labute approximate surface area is 273 Å². The molecule has 0 aliphatic heterocycles. The third-order valence-electron chi connectivity index (χ3n) is 7.94. The summed E-state index contributed by atoms with van der Waals surface area (Å²) in [6.07, 6.45) is 1.96. The highest BCUT2D eigenvalue weighted by Gasteiger charge is 2.35. The van der Waals surface area contributed by atoms with E-state index in [2.05, 4.69) is 5.32 Å². The number of hydrogen-bond donors (Lipinski definition) is 1. The highest BCUT2D eigenvalue weighted by Crippen LogP contribution is 2.33. The molecule has 0 bridgehead atoms. The molecule has 0 saturated heterocycles. The fourth-order valence-corrected chi connectivity index (χ4v) is 6.64. The molecule has 9 heteroatoms. The molecule has 0 heterocycles. The zero-order chi connectivity index (χ0) is 33.1. The number of nitrogens with zero attached hydrogens (tertiary/aromatic N) is 2. The number of rotatable bonds is 15. The Morgan fingerprint density at radius 3 is 2.17 bits per heavy atom. The van der Waals surface area contributed by atoms with Crippen molar-refractivity contribution in [2.24, 2.45) is 0 Å². The van der Waals surface area contributed by atoms with Gasteiger partial charge in [-0.2, -0.15) is 0 Å². The van der Waals surface area contributed by atoms with Crippen LogP contribution in [0.15, 0.2) is 108 Å². The standard InChI is InChI=1S/C37H43N3O5S/c1-5-6-24-38-37(42)34(25-30-15-8-7-9-16-30)39(26-31-17-11-10-14-29(31)3)36(41)27-40(33-18-12-13-19-35(33)45-4)46(43,44)32-22-20-28(2)21-23-32/h7-23,34H,5-6,24-27H2,1-4H3,(H,38,42). The Kier molecular flexibility index (Phi) is 12.0. The number of amides is 2. The minimum atomic E-state index is -4.23. The second-order valence-corrected chi connectivity index (χ2v) is 13.2. The number of benzene rings is 4. The van der Waals surface area contributed by atoms with Crippen LogP contribution in [0.4, 0.5) is 5.69 Å². The zero-order valence-electron chi connectivity index (χ0n) is 27.0. The summed E-state index contributed by atoms with van der Waals surface area (Å²) in [5.41, 5.74) is 3.83. The van der Waals surface area contributed by atoms with Crippen LogP contribution in [-0.2, 0) is 32.6 Å². The molecule has 4 aromatic rings. The molecule has 4 rings (SSSR count). The summed E-state index contributed by atoms with van der Waals surface area (Å²) >= 11 is 0. The normalized spacial score (nSPS) is 11.8. The van der Waals surface area contributed by atoms with Gasteiger partial charge >= 0.3 is 0 Å². The first kappa shape index (κ1) is 34.2. The van der Waals surface area contributed by atoms with Crippen molar-refractivity contribution in [2.75, 3.05) is 24.5 Å². The molecule has 0 fully saturated rings. The molecule has 0 radical (unpaired) electrons. The van der Waals surface area contributed by atoms with Gasteiger partial charge in [0.05, 0.1) is 17.7 Å². The highest BCUT2D eigenvalue weighted by atomic mass is 32.2. The van der Waals surface area contributed by atoms with E-state index in [4.69, 9.17) is 4.74 Å². The van der Waals surface area contributed by atoms with Crippen LogP contribution >= 0.6 is 0 Å². The van der Waals surface area contributed by atoms with E-state index in [1.807, 2.05) is 75.4 Å². The number of ether oxygens (including phenoxy) is 1. The lowest BCUT2D eigenvalue weighted by molar-refractivity contribution is -0.140. The molecule has 4 aromatic carbocycles. The number of hydrogen-bond acceptors (Lipinski definition) is 5. The van der Waals surface area contributed by atoms with Crippen LogP contribution in [0, 0.1) is 13.8 Å². The maximum Gasteiger partial charge on any atom is 0.264 e. The van der Waals surface area contributed by atoms with Crippen LogP contribution in [0.3, 0.4) is 0 Å². The molecule has 0 spiro atoms. The summed E-state index contributed by atoms with van der Waals surface area (Å²) < 4.78 is 35.2. The summed E-state index contributed by atoms with van der Waals surface area (Å²) in [5, 5.41) is 3.02. The molecule has 0 aliphatic carbocycles. The zero-order valence-corrected chi connectivity index (χ0v) is 27.8. The van der Waals surface area contributed by atoms with Crippen LogP contribution in [0.2, 0.25) is 0 Å². The van der Waals surface area contributed by atoms with E-state index in [0.717, 1.165) is 39.4 Å². The minimum Gasteiger partial charge on any atom is -0.495 e. The molecule has 1 atom stereocenters. The monoisotopic (exact) mass is 641 g/mol. The quantitative estimate of drug-likeness (QED) is 0.159. The van der Waals surface area contributed by atoms with E-state index < -0.39 is 28.5 Å². The lowest BCUT2D eigenvalue weighted by atomic mass is 10.0. The predicted octanol–water partition coefficient (Wildman–Crippen LogP) is 6.06. The second-order valence-electron chi connectivity index (χ2n) is 11.3. The highest BCUT2D eigenvalue weighted by molar-refractivity contribution is 7.92.